The van der Waals surface area contributed by atoms with Crippen LogP contribution in [0.1, 0.15) is 12.8 Å². The molecule has 0 aliphatic carbocycles. The zero-order chi connectivity index (χ0) is 13.9. The number of aromatic nitrogens is 1. The lowest BCUT2D eigenvalue weighted by Gasteiger charge is -2.22. The van der Waals surface area contributed by atoms with E-state index in [0.717, 1.165) is 32.5 Å². The van der Waals surface area contributed by atoms with E-state index in [9.17, 15) is 10.1 Å². The van der Waals surface area contributed by atoms with Crippen molar-refractivity contribution in [3.63, 3.8) is 0 Å². The van der Waals surface area contributed by atoms with Crippen LogP contribution >= 0.6 is 0 Å². The Labute approximate surface area is 115 Å². The predicted octanol–water partition coefficient (Wildman–Crippen LogP) is 2.15. The van der Waals surface area contributed by atoms with Crippen LogP contribution in [0.3, 0.4) is 0 Å². The van der Waals surface area contributed by atoms with Crippen molar-refractivity contribution in [2.75, 3.05) is 25.0 Å². The van der Waals surface area contributed by atoms with Crippen molar-refractivity contribution >= 4 is 22.8 Å². The maximum absolute atomic E-state index is 10.7. The van der Waals surface area contributed by atoms with Crippen LogP contribution in [-0.4, -0.2) is 29.5 Å². The standard InChI is InChI=1S/C13H16N4O3/c18-17(19)10-1-2-11-12(7-10)20-13(16-11)15-8-9-3-5-14-6-4-9/h1-2,7,9,14H,3-6,8H2,(H,15,16). The average molecular weight is 276 g/mol. The summed E-state index contributed by atoms with van der Waals surface area (Å²) in [6.45, 7) is 2.91. The molecule has 1 aromatic heterocycles. The monoisotopic (exact) mass is 276 g/mol. The highest BCUT2D eigenvalue weighted by atomic mass is 16.6. The first-order valence-corrected chi connectivity index (χ1v) is 6.72. The number of nitrogens with one attached hydrogen (secondary N) is 2. The number of non-ortho nitro benzene ring substituents is 1. The largest absolute Gasteiger partial charge is 0.423 e. The van der Waals surface area contributed by atoms with Crippen LogP contribution in [-0.2, 0) is 0 Å². The molecule has 7 nitrogen and oxygen atoms in total. The Morgan fingerprint density at radius 2 is 2.25 bits per heavy atom. The fourth-order valence-corrected chi connectivity index (χ4v) is 2.42. The molecule has 1 fully saturated rings. The lowest BCUT2D eigenvalue weighted by Crippen LogP contribution is -2.31. The Balaban J connectivity index is 1.70. The fourth-order valence-electron chi connectivity index (χ4n) is 2.42. The molecule has 7 heteroatoms. The molecule has 1 saturated heterocycles. The van der Waals surface area contributed by atoms with Crippen molar-refractivity contribution in [2.45, 2.75) is 12.8 Å². The molecule has 0 spiro atoms. The Hall–Kier alpha value is -2.15. The molecule has 0 saturated carbocycles. The van der Waals surface area contributed by atoms with Gasteiger partial charge in [-0.05, 0) is 37.9 Å². The summed E-state index contributed by atoms with van der Waals surface area (Å²) in [5.41, 5.74) is 1.08. The van der Waals surface area contributed by atoms with Gasteiger partial charge in [0.25, 0.3) is 11.7 Å². The van der Waals surface area contributed by atoms with Crippen molar-refractivity contribution in [3.05, 3.63) is 28.3 Å². The summed E-state index contributed by atoms with van der Waals surface area (Å²) in [5, 5.41) is 17.2. The minimum atomic E-state index is -0.440. The Morgan fingerprint density at radius 1 is 1.45 bits per heavy atom. The molecule has 1 aromatic carbocycles. The highest BCUT2D eigenvalue weighted by molar-refractivity contribution is 5.77. The second-order valence-electron chi connectivity index (χ2n) is 5.00. The lowest BCUT2D eigenvalue weighted by molar-refractivity contribution is -0.384. The van der Waals surface area contributed by atoms with Gasteiger partial charge in [-0.2, -0.15) is 4.98 Å². The Kier molecular flexibility index (Phi) is 3.51. The average Bonchev–Trinajstić information content (AvgIpc) is 2.88. The van der Waals surface area contributed by atoms with Crippen LogP contribution in [0, 0.1) is 16.0 Å². The summed E-state index contributed by atoms with van der Waals surface area (Å²) in [6.07, 6.45) is 2.28. The second kappa shape index (κ2) is 5.46. The van der Waals surface area contributed by atoms with Gasteiger partial charge in [0, 0.05) is 12.6 Å². The van der Waals surface area contributed by atoms with E-state index in [2.05, 4.69) is 15.6 Å². The summed E-state index contributed by atoms with van der Waals surface area (Å²) in [6, 6.07) is 4.87. The molecule has 0 atom stereocenters. The maximum Gasteiger partial charge on any atom is 0.295 e. The van der Waals surface area contributed by atoms with E-state index >= 15 is 0 Å². The van der Waals surface area contributed by atoms with Crippen LogP contribution in [0.25, 0.3) is 11.1 Å². The topological polar surface area (TPSA) is 93.2 Å². The van der Waals surface area contributed by atoms with Crippen molar-refractivity contribution in [1.29, 1.82) is 0 Å². The first-order valence-electron chi connectivity index (χ1n) is 6.72. The van der Waals surface area contributed by atoms with E-state index in [1.807, 2.05) is 0 Å². The number of benzene rings is 1. The number of oxazole rings is 1. The minimum absolute atomic E-state index is 0.0126. The van der Waals surface area contributed by atoms with Gasteiger partial charge in [0.15, 0.2) is 5.58 Å². The van der Waals surface area contributed by atoms with E-state index in [0.29, 0.717) is 23.0 Å². The lowest BCUT2D eigenvalue weighted by atomic mass is 9.98. The Bertz CT molecular complexity index is 619. The van der Waals surface area contributed by atoms with Crippen molar-refractivity contribution in [2.24, 2.45) is 5.92 Å². The molecule has 0 amide bonds. The summed E-state index contributed by atoms with van der Waals surface area (Å²) < 4.78 is 5.51. The molecule has 106 valence electrons. The highest BCUT2D eigenvalue weighted by Crippen LogP contribution is 2.24. The quantitative estimate of drug-likeness (QED) is 0.656. The van der Waals surface area contributed by atoms with Crippen LogP contribution in [0.2, 0.25) is 0 Å². The van der Waals surface area contributed by atoms with Crippen LogP contribution in [0.4, 0.5) is 11.7 Å². The zero-order valence-electron chi connectivity index (χ0n) is 11.0. The van der Waals surface area contributed by atoms with Gasteiger partial charge in [-0.15, -0.1) is 0 Å². The van der Waals surface area contributed by atoms with E-state index in [4.69, 9.17) is 4.42 Å². The number of piperidine rings is 1. The van der Waals surface area contributed by atoms with E-state index < -0.39 is 4.92 Å². The molecule has 3 rings (SSSR count). The number of hydrogen-bond donors (Lipinski definition) is 2. The third kappa shape index (κ3) is 2.72. The van der Waals surface area contributed by atoms with Gasteiger partial charge >= 0.3 is 0 Å². The van der Waals surface area contributed by atoms with E-state index in [-0.39, 0.29) is 5.69 Å². The van der Waals surface area contributed by atoms with Crippen LogP contribution in [0.15, 0.2) is 22.6 Å². The number of nitro benzene ring substituents is 1. The van der Waals surface area contributed by atoms with Gasteiger partial charge in [-0.25, -0.2) is 0 Å². The van der Waals surface area contributed by atoms with Crippen molar-refractivity contribution in [3.8, 4) is 0 Å². The molecule has 2 aromatic rings. The molecule has 20 heavy (non-hydrogen) atoms. The molecular formula is C13H16N4O3. The number of nitro groups is 1. The number of anilines is 1. The predicted molar refractivity (Wildman–Crippen MR) is 74.7 cm³/mol. The highest BCUT2D eigenvalue weighted by Gasteiger charge is 2.15. The van der Waals surface area contributed by atoms with Crippen LogP contribution < -0.4 is 10.6 Å². The molecule has 0 radical (unpaired) electrons. The fraction of sp³-hybridized carbons (Fsp3) is 0.462. The second-order valence-corrected chi connectivity index (χ2v) is 5.00. The van der Waals surface area contributed by atoms with Crippen molar-refractivity contribution in [1.82, 2.24) is 10.3 Å². The number of rotatable bonds is 4. The zero-order valence-corrected chi connectivity index (χ0v) is 11.0. The van der Waals surface area contributed by atoms with Gasteiger partial charge in [0.05, 0.1) is 11.0 Å². The van der Waals surface area contributed by atoms with Crippen molar-refractivity contribution < 1.29 is 9.34 Å². The minimum Gasteiger partial charge on any atom is -0.423 e. The summed E-state index contributed by atoms with van der Waals surface area (Å²) in [7, 11) is 0. The molecule has 2 N–H and O–H groups in total. The van der Waals surface area contributed by atoms with Gasteiger partial charge < -0.3 is 15.1 Å². The summed E-state index contributed by atoms with van der Waals surface area (Å²) in [4.78, 5) is 14.5. The molecule has 2 heterocycles. The van der Waals surface area contributed by atoms with Crippen LogP contribution in [0.5, 0.6) is 0 Å². The summed E-state index contributed by atoms with van der Waals surface area (Å²) in [5.74, 6) is 0.612. The van der Waals surface area contributed by atoms with Gasteiger partial charge in [0.1, 0.15) is 5.52 Å². The van der Waals surface area contributed by atoms with E-state index in [1.165, 1.54) is 12.1 Å². The maximum atomic E-state index is 10.7. The first-order chi connectivity index (χ1) is 9.72. The molecule has 1 aliphatic rings. The number of nitrogens with zero attached hydrogens (tertiary/aromatic N) is 2. The third-order valence-corrected chi connectivity index (χ3v) is 3.58. The summed E-state index contributed by atoms with van der Waals surface area (Å²) >= 11 is 0. The Morgan fingerprint density at radius 3 is 3.00 bits per heavy atom. The third-order valence-electron chi connectivity index (χ3n) is 3.58. The van der Waals surface area contributed by atoms with Gasteiger partial charge in [-0.3, -0.25) is 10.1 Å². The van der Waals surface area contributed by atoms with E-state index in [1.54, 1.807) is 6.07 Å². The smallest absolute Gasteiger partial charge is 0.295 e. The molecule has 0 bridgehead atoms. The van der Waals surface area contributed by atoms with Gasteiger partial charge in [0.2, 0.25) is 0 Å². The molecule has 0 unspecified atom stereocenters. The first kappa shape index (κ1) is 12.9. The molecule has 1 aliphatic heterocycles. The SMILES string of the molecule is O=[N+]([O-])c1ccc2nc(NCC3CCNCC3)oc2c1. The van der Waals surface area contributed by atoms with Gasteiger partial charge in [-0.1, -0.05) is 0 Å². The number of fused-ring (bicyclic) bond motifs is 1. The number of hydrogen-bond acceptors (Lipinski definition) is 6. The normalized spacial score (nSPS) is 16.4. The molecular weight excluding hydrogens is 260 g/mol.